The van der Waals surface area contributed by atoms with Crippen molar-refractivity contribution in [3.05, 3.63) is 63.9 Å². The summed E-state index contributed by atoms with van der Waals surface area (Å²) in [6, 6.07) is 10.0. The van der Waals surface area contributed by atoms with Crippen molar-refractivity contribution in [2.24, 2.45) is 0 Å². The van der Waals surface area contributed by atoms with Crippen molar-refractivity contribution in [1.29, 1.82) is 0 Å². The first-order valence-corrected chi connectivity index (χ1v) is 8.87. The predicted octanol–water partition coefficient (Wildman–Crippen LogP) is 2.43. The first kappa shape index (κ1) is 17.6. The highest BCUT2D eigenvalue weighted by molar-refractivity contribution is 9.10. The Morgan fingerprint density at radius 3 is 2.65 bits per heavy atom. The molecule has 0 aromatic heterocycles. The molecule has 0 aliphatic heterocycles. The number of halogens is 2. The topological polar surface area (TPSA) is 75.3 Å². The summed E-state index contributed by atoms with van der Waals surface area (Å²) < 4.78 is 40.0. The molecule has 0 aliphatic rings. The lowest BCUT2D eigenvalue weighted by Gasteiger charge is -2.08. The van der Waals surface area contributed by atoms with E-state index in [0.717, 1.165) is 0 Å². The average Bonchev–Trinajstić information content (AvgIpc) is 2.55. The van der Waals surface area contributed by atoms with Crippen LogP contribution in [-0.2, 0) is 16.6 Å². The summed E-state index contributed by atoms with van der Waals surface area (Å²) in [5, 5.41) is 2.56. The van der Waals surface area contributed by atoms with Crippen LogP contribution in [0.4, 0.5) is 4.39 Å². The minimum absolute atomic E-state index is 0.00683. The van der Waals surface area contributed by atoms with Gasteiger partial charge in [0.05, 0.1) is 4.90 Å². The zero-order valence-corrected chi connectivity index (χ0v) is 14.5. The molecule has 0 atom stereocenters. The quantitative estimate of drug-likeness (QED) is 0.808. The molecule has 2 rings (SSSR count). The van der Waals surface area contributed by atoms with Crippen LogP contribution in [0.25, 0.3) is 0 Å². The Kier molecular flexibility index (Phi) is 5.51. The third-order valence-electron chi connectivity index (χ3n) is 3.12. The average molecular weight is 401 g/mol. The van der Waals surface area contributed by atoms with Gasteiger partial charge in [0.25, 0.3) is 5.91 Å². The molecule has 2 aromatic carbocycles. The lowest BCUT2D eigenvalue weighted by molar-refractivity contribution is 0.0950. The maximum Gasteiger partial charge on any atom is 0.251 e. The number of sulfonamides is 1. The molecule has 2 aromatic rings. The van der Waals surface area contributed by atoms with Crippen LogP contribution < -0.4 is 10.0 Å². The fraction of sp³-hybridized carbons (Fsp3) is 0.133. The Hall–Kier alpha value is -1.77. The van der Waals surface area contributed by atoms with Gasteiger partial charge < -0.3 is 5.32 Å². The van der Waals surface area contributed by atoms with Gasteiger partial charge in [-0.25, -0.2) is 17.5 Å². The second-order valence-electron chi connectivity index (χ2n) is 4.65. The van der Waals surface area contributed by atoms with E-state index in [4.69, 9.17) is 0 Å². The maximum atomic E-state index is 13.6. The Bertz CT molecular complexity index is 840. The Morgan fingerprint density at radius 2 is 1.96 bits per heavy atom. The third-order valence-corrected chi connectivity index (χ3v) is 5.03. The van der Waals surface area contributed by atoms with Gasteiger partial charge in [-0.05, 0) is 43.4 Å². The van der Waals surface area contributed by atoms with Crippen molar-refractivity contribution in [2.45, 2.75) is 11.4 Å². The molecule has 0 saturated heterocycles. The monoisotopic (exact) mass is 400 g/mol. The van der Waals surface area contributed by atoms with E-state index in [1.54, 1.807) is 12.1 Å². The number of rotatable bonds is 5. The molecule has 8 heteroatoms. The number of nitrogens with one attached hydrogen (secondary N) is 2. The summed E-state index contributed by atoms with van der Waals surface area (Å²) >= 11 is 3.23. The van der Waals surface area contributed by atoms with Gasteiger partial charge in [0.1, 0.15) is 5.82 Å². The highest BCUT2D eigenvalue weighted by Crippen LogP contribution is 2.16. The zero-order chi connectivity index (χ0) is 17.0. The molecule has 0 aliphatic carbocycles. The van der Waals surface area contributed by atoms with Gasteiger partial charge in [-0.1, -0.05) is 22.0 Å². The zero-order valence-electron chi connectivity index (χ0n) is 12.1. The largest absolute Gasteiger partial charge is 0.348 e. The van der Waals surface area contributed by atoms with E-state index in [0.29, 0.717) is 10.0 Å². The van der Waals surface area contributed by atoms with Gasteiger partial charge in [0, 0.05) is 22.1 Å². The highest BCUT2D eigenvalue weighted by Gasteiger charge is 2.14. The second-order valence-corrected chi connectivity index (χ2v) is 7.46. The normalized spacial score (nSPS) is 11.3. The summed E-state index contributed by atoms with van der Waals surface area (Å²) in [5.74, 6) is -0.919. The van der Waals surface area contributed by atoms with E-state index in [1.165, 1.54) is 37.4 Å². The van der Waals surface area contributed by atoms with Gasteiger partial charge in [0.2, 0.25) is 10.0 Å². The predicted molar refractivity (Wildman–Crippen MR) is 88.0 cm³/mol. The van der Waals surface area contributed by atoms with E-state index in [1.807, 2.05) is 0 Å². The van der Waals surface area contributed by atoms with E-state index < -0.39 is 21.7 Å². The van der Waals surface area contributed by atoms with Crippen LogP contribution in [0.15, 0.2) is 51.8 Å². The van der Waals surface area contributed by atoms with Crippen LogP contribution in [0, 0.1) is 5.82 Å². The molecule has 0 fully saturated rings. The SMILES string of the molecule is CNS(=O)(=O)c1cccc(C(=O)NCc2cc(Br)ccc2F)c1. The van der Waals surface area contributed by atoms with Crippen molar-refractivity contribution in [2.75, 3.05) is 7.05 Å². The van der Waals surface area contributed by atoms with Crippen LogP contribution >= 0.6 is 15.9 Å². The Balaban J connectivity index is 2.15. The van der Waals surface area contributed by atoms with Gasteiger partial charge in [-0.15, -0.1) is 0 Å². The lowest BCUT2D eigenvalue weighted by Crippen LogP contribution is -2.24. The summed E-state index contributed by atoms with van der Waals surface area (Å²) in [6.45, 7) is -0.00683. The molecule has 23 heavy (non-hydrogen) atoms. The summed E-state index contributed by atoms with van der Waals surface area (Å²) in [5.41, 5.74) is 0.503. The fourth-order valence-electron chi connectivity index (χ4n) is 1.88. The number of benzene rings is 2. The molecule has 0 radical (unpaired) electrons. The van der Waals surface area contributed by atoms with Gasteiger partial charge in [0.15, 0.2) is 0 Å². The molecular weight excluding hydrogens is 387 g/mol. The molecule has 2 N–H and O–H groups in total. The maximum absolute atomic E-state index is 13.6. The molecule has 5 nitrogen and oxygen atoms in total. The van der Waals surface area contributed by atoms with Gasteiger partial charge in [-0.3, -0.25) is 4.79 Å². The van der Waals surface area contributed by atoms with Gasteiger partial charge >= 0.3 is 0 Å². The number of amides is 1. The van der Waals surface area contributed by atoms with Crippen molar-refractivity contribution < 1.29 is 17.6 Å². The number of carbonyl (C=O) groups excluding carboxylic acids is 1. The summed E-state index contributed by atoms with van der Waals surface area (Å²) in [7, 11) is -2.34. The van der Waals surface area contributed by atoms with Crippen LogP contribution in [0.2, 0.25) is 0 Å². The lowest BCUT2D eigenvalue weighted by atomic mass is 10.2. The highest BCUT2D eigenvalue weighted by atomic mass is 79.9. The number of hydrogen-bond donors (Lipinski definition) is 2. The smallest absolute Gasteiger partial charge is 0.251 e. The van der Waals surface area contributed by atoms with E-state index in [2.05, 4.69) is 26.0 Å². The van der Waals surface area contributed by atoms with Crippen LogP contribution in [0.3, 0.4) is 0 Å². The molecule has 0 spiro atoms. The standard InChI is InChI=1S/C15H14BrFN2O3S/c1-18-23(21,22)13-4-2-3-10(8-13)15(20)19-9-11-7-12(16)5-6-14(11)17/h2-8,18H,9H2,1H3,(H,19,20). The van der Waals surface area contributed by atoms with Crippen molar-refractivity contribution in [3.8, 4) is 0 Å². The van der Waals surface area contributed by atoms with Crippen molar-refractivity contribution in [1.82, 2.24) is 10.0 Å². The van der Waals surface area contributed by atoms with Crippen molar-refractivity contribution in [3.63, 3.8) is 0 Å². The van der Waals surface area contributed by atoms with Crippen LogP contribution in [0.1, 0.15) is 15.9 Å². The molecule has 0 saturated carbocycles. The van der Waals surface area contributed by atoms with Crippen LogP contribution in [-0.4, -0.2) is 21.4 Å². The second kappa shape index (κ2) is 7.20. The molecule has 0 bridgehead atoms. The summed E-state index contributed by atoms with van der Waals surface area (Å²) in [6.07, 6.45) is 0. The molecule has 1 amide bonds. The van der Waals surface area contributed by atoms with Crippen molar-refractivity contribution >= 4 is 31.9 Å². The minimum Gasteiger partial charge on any atom is -0.348 e. The first-order chi connectivity index (χ1) is 10.8. The number of hydrogen-bond acceptors (Lipinski definition) is 3. The third kappa shape index (κ3) is 4.37. The van der Waals surface area contributed by atoms with E-state index in [-0.39, 0.29) is 17.0 Å². The summed E-state index contributed by atoms with van der Waals surface area (Å²) in [4.78, 5) is 12.1. The Labute approximate surface area is 142 Å². The molecule has 0 unspecified atom stereocenters. The molecular formula is C15H14BrFN2O3S. The number of carbonyl (C=O) groups is 1. The first-order valence-electron chi connectivity index (χ1n) is 6.59. The minimum atomic E-state index is -3.63. The van der Waals surface area contributed by atoms with E-state index >= 15 is 0 Å². The molecule has 122 valence electrons. The fourth-order valence-corrected chi connectivity index (χ4v) is 3.06. The van der Waals surface area contributed by atoms with E-state index in [9.17, 15) is 17.6 Å². The van der Waals surface area contributed by atoms with Crippen LogP contribution in [0.5, 0.6) is 0 Å². The molecule has 0 heterocycles. The van der Waals surface area contributed by atoms with Gasteiger partial charge in [-0.2, -0.15) is 0 Å². The Morgan fingerprint density at radius 1 is 1.22 bits per heavy atom.